The lowest BCUT2D eigenvalue weighted by molar-refractivity contribution is 0.341. The summed E-state index contributed by atoms with van der Waals surface area (Å²) in [5.41, 5.74) is 7.17. The van der Waals surface area contributed by atoms with Crippen LogP contribution in [0.5, 0.6) is 5.75 Å². The minimum atomic E-state index is 0.405. The lowest BCUT2D eigenvalue weighted by Crippen LogP contribution is -2.37. The van der Waals surface area contributed by atoms with Gasteiger partial charge in [-0.3, -0.25) is 0 Å². The van der Waals surface area contributed by atoms with E-state index in [1.54, 1.807) is 7.11 Å². The van der Waals surface area contributed by atoms with Crippen LogP contribution in [0, 0.1) is 0 Å². The fourth-order valence-electron chi connectivity index (χ4n) is 2.49. The van der Waals surface area contributed by atoms with Crippen LogP contribution in [0.2, 0.25) is 0 Å². The van der Waals surface area contributed by atoms with E-state index in [9.17, 15) is 0 Å². The van der Waals surface area contributed by atoms with E-state index in [1.165, 1.54) is 18.4 Å². The third-order valence-electron chi connectivity index (χ3n) is 3.63. The first-order chi connectivity index (χ1) is 9.10. The van der Waals surface area contributed by atoms with Crippen molar-refractivity contribution < 1.29 is 4.74 Å². The molecule has 5 heteroatoms. The molecule has 0 unspecified atom stereocenters. The lowest BCUT2D eigenvalue weighted by atomic mass is 9.92. The molecule has 19 heavy (non-hydrogen) atoms. The zero-order valence-corrected chi connectivity index (χ0v) is 14.3. The average molecular weight is 392 g/mol. The molecule has 1 aromatic rings. The van der Waals surface area contributed by atoms with Gasteiger partial charge >= 0.3 is 0 Å². The molecule has 0 radical (unpaired) electrons. The maximum Gasteiger partial charge on any atom is 0.147 e. The van der Waals surface area contributed by atoms with Crippen LogP contribution in [-0.4, -0.2) is 19.2 Å². The Morgan fingerprint density at radius 1 is 1.21 bits per heavy atom. The number of hydrogen-bond acceptors (Lipinski definition) is 3. The number of halogens is 2. The van der Waals surface area contributed by atoms with E-state index in [2.05, 4.69) is 49.3 Å². The monoisotopic (exact) mass is 390 g/mol. The molecule has 0 heterocycles. The number of rotatable bonds is 4. The van der Waals surface area contributed by atoms with E-state index in [4.69, 9.17) is 10.5 Å². The Morgan fingerprint density at radius 3 is 2.32 bits per heavy atom. The quantitative estimate of drug-likeness (QED) is 0.824. The standard InChI is InChI=1S/C14H20Br2N2O/c1-19-14-12(15)6-9(7-13(14)16)8-18-11-4-2-10(17)3-5-11/h6-7,10-11,18H,2-5,8,17H2,1H3. The van der Waals surface area contributed by atoms with Crippen LogP contribution >= 0.6 is 31.9 Å². The van der Waals surface area contributed by atoms with Crippen LogP contribution in [0.15, 0.2) is 21.1 Å². The highest BCUT2D eigenvalue weighted by Crippen LogP contribution is 2.34. The summed E-state index contributed by atoms with van der Waals surface area (Å²) in [6.07, 6.45) is 4.63. The summed E-state index contributed by atoms with van der Waals surface area (Å²) >= 11 is 7.07. The van der Waals surface area contributed by atoms with Gasteiger partial charge in [0.2, 0.25) is 0 Å². The van der Waals surface area contributed by atoms with Gasteiger partial charge in [-0.1, -0.05) is 0 Å². The van der Waals surface area contributed by atoms with Gasteiger partial charge in [-0.2, -0.15) is 0 Å². The molecular weight excluding hydrogens is 372 g/mol. The van der Waals surface area contributed by atoms with Gasteiger partial charge in [0.1, 0.15) is 5.75 Å². The van der Waals surface area contributed by atoms with E-state index in [0.717, 1.165) is 34.1 Å². The molecule has 106 valence electrons. The number of nitrogens with two attached hydrogens (primary N) is 1. The maximum absolute atomic E-state index is 5.92. The maximum atomic E-state index is 5.92. The van der Waals surface area contributed by atoms with E-state index in [-0.39, 0.29) is 0 Å². The number of ether oxygens (including phenoxy) is 1. The molecule has 0 aromatic heterocycles. The first-order valence-corrected chi connectivity index (χ1v) is 8.19. The molecule has 0 spiro atoms. The van der Waals surface area contributed by atoms with Gasteiger partial charge in [0.25, 0.3) is 0 Å². The van der Waals surface area contributed by atoms with Crippen molar-refractivity contribution in [2.45, 2.75) is 44.3 Å². The second-order valence-electron chi connectivity index (χ2n) is 5.09. The van der Waals surface area contributed by atoms with Crippen LogP contribution in [0.4, 0.5) is 0 Å². The molecule has 3 N–H and O–H groups in total. The summed E-state index contributed by atoms with van der Waals surface area (Å²) < 4.78 is 7.27. The molecule has 0 atom stereocenters. The predicted molar refractivity (Wildman–Crippen MR) is 85.5 cm³/mol. The smallest absolute Gasteiger partial charge is 0.147 e. The highest BCUT2D eigenvalue weighted by molar-refractivity contribution is 9.11. The minimum absolute atomic E-state index is 0.405. The van der Waals surface area contributed by atoms with Gasteiger partial charge in [-0.25, -0.2) is 0 Å². The first-order valence-electron chi connectivity index (χ1n) is 6.61. The van der Waals surface area contributed by atoms with Gasteiger partial charge in [0.15, 0.2) is 0 Å². The average Bonchev–Trinajstić information content (AvgIpc) is 2.38. The van der Waals surface area contributed by atoms with Crippen molar-refractivity contribution in [1.29, 1.82) is 0 Å². The van der Waals surface area contributed by atoms with Gasteiger partial charge in [-0.05, 0) is 75.2 Å². The van der Waals surface area contributed by atoms with Crippen LogP contribution in [0.25, 0.3) is 0 Å². The zero-order valence-electron chi connectivity index (χ0n) is 11.1. The van der Waals surface area contributed by atoms with Crippen molar-refractivity contribution in [2.75, 3.05) is 7.11 Å². The summed E-state index contributed by atoms with van der Waals surface area (Å²) in [6, 6.07) is 5.21. The van der Waals surface area contributed by atoms with Crippen molar-refractivity contribution >= 4 is 31.9 Å². The molecule has 0 aliphatic heterocycles. The normalized spacial score (nSPS) is 23.4. The van der Waals surface area contributed by atoms with Crippen molar-refractivity contribution in [3.8, 4) is 5.75 Å². The summed E-state index contributed by atoms with van der Waals surface area (Å²) in [5.74, 6) is 0.840. The fourth-order valence-corrected chi connectivity index (χ4v) is 4.10. The van der Waals surface area contributed by atoms with Crippen LogP contribution in [0.1, 0.15) is 31.2 Å². The summed E-state index contributed by atoms with van der Waals surface area (Å²) in [4.78, 5) is 0. The van der Waals surface area contributed by atoms with E-state index >= 15 is 0 Å². The highest BCUT2D eigenvalue weighted by atomic mass is 79.9. The molecule has 3 nitrogen and oxygen atoms in total. The topological polar surface area (TPSA) is 47.3 Å². The molecule has 1 saturated carbocycles. The Labute approximate surface area is 131 Å². The molecule has 0 bridgehead atoms. The number of nitrogens with one attached hydrogen (secondary N) is 1. The largest absolute Gasteiger partial charge is 0.494 e. The highest BCUT2D eigenvalue weighted by Gasteiger charge is 2.18. The van der Waals surface area contributed by atoms with Crippen molar-refractivity contribution in [3.63, 3.8) is 0 Å². The molecule has 1 fully saturated rings. The Morgan fingerprint density at radius 2 is 1.79 bits per heavy atom. The third-order valence-corrected chi connectivity index (χ3v) is 4.81. The van der Waals surface area contributed by atoms with Gasteiger partial charge in [0, 0.05) is 18.6 Å². The minimum Gasteiger partial charge on any atom is -0.494 e. The Bertz CT molecular complexity index is 408. The molecule has 0 amide bonds. The Hall–Kier alpha value is -0.100. The van der Waals surface area contributed by atoms with Gasteiger partial charge in [-0.15, -0.1) is 0 Å². The molecule has 2 rings (SSSR count). The lowest BCUT2D eigenvalue weighted by Gasteiger charge is -2.27. The second-order valence-corrected chi connectivity index (χ2v) is 6.79. The molecule has 1 aromatic carbocycles. The van der Waals surface area contributed by atoms with E-state index in [0.29, 0.717) is 12.1 Å². The number of methoxy groups -OCH3 is 1. The van der Waals surface area contributed by atoms with Gasteiger partial charge < -0.3 is 15.8 Å². The molecule has 0 saturated heterocycles. The summed E-state index contributed by atoms with van der Waals surface area (Å²) in [6.45, 7) is 0.876. The second kappa shape index (κ2) is 7.07. The molecule has 1 aliphatic rings. The zero-order chi connectivity index (χ0) is 13.8. The van der Waals surface area contributed by atoms with Crippen molar-refractivity contribution in [2.24, 2.45) is 5.73 Å². The van der Waals surface area contributed by atoms with Gasteiger partial charge in [0.05, 0.1) is 16.1 Å². The van der Waals surface area contributed by atoms with Crippen molar-refractivity contribution in [3.05, 3.63) is 26.6 Å². The number of benzene rings is 1. The summed E-state index contributed by atoms with van der Waals surface area (Å²) in [5, 5.41) is 3.61. The number of hydrogen-bond donors (Lipinski definition) is 2. The van der Waals surface area contributed by atoms with E-state index < -0.39 is 0 Å². The third kappa shape index (κ3) is 4.18. The molecule has 1 aliphatic carbocycles. The fraction of sp³-hybridized carbons (Fsp3) is 0.571. The van der Waals surface area contributed by atoms with Crippen LogP contribution in [0.3, 0.4) is 0 Å². The predicted octanol–water partition coefficient (Wildman–Crippen LogP) is 3.58. The Balaban J connectivity index is 1.93. The summed E-state index contributed by atoms with van der Waals surface area (Å²) in [7, 11) is 1.67. The SMILES string of the molecule is COc1c(Br)cc(CNC2CCC(N)CC2)cc1Br. The Kier molecular flexibility index (Phi) is 5.69. The first kappa shape index (κ1) is 15.3. The van der Waals surface area contributed by atoms with Crippen molar-refractivity contribution in [1.82, 2.24) is 5.32 Å². The van der Waals surface area contributed by atoms with Crippen LogP contribution < -0.4 is 15.8 Å². The van der Waals surface area contributed by atoms with Crippen LogP contribution in [-0.2, 0) is 6.54 Å². The van der Waals surface area contributed by atoms with E-state index in [1.807, 2.05) is 0 Å². The molecular formula is C14H20Br2N2O.